The van der Waals surface area contributed by atoms with E-state index in [9.17, 15) is 0 Å². The molecule has 0 aliphatic rings. The molecule has 0 atom stereocenters. The number of nitrogens with zero attached hydrogens (tertiary/aromatic N) is 1. The van der Waals surface area contributed by atoms with E-state index in [1.54, 1.807) is 3.58 Å². The maximum atomic E-state index is 8.76. The minimum atomic E-state index is -2.25. The quantitative estimate of drug-likeness (QED) is 0.353. The first-order chi connectivity index (χ1) is 10.3. The zero-order valence-corrected chi connectivity index (χ0v) is 16.8. The predicted octanol–water partition coefficient (Wildman–Crippen LogP) is 5.64. The zero-order chi connectivity index (χ0) is 15.4. The van der Waals surface area contributed by atoms with Gasteiger partial charge in [0, 0.05) is 0 Å². The van der Waals surface area contributed by atoms with Gasteiger partial charge in [-0.05, 0) is 0 Å². The molecule has 0 unspecified atom stereocenters. The summed E-state index contributed by atoms with van der Waals surface area (Å²) in [5, 5.41) is 8.76. The third kappa shape index (κ3) is 6.43. The molecule has 0 aliphatic heterocycles. The molecule has 0 saturated heterocycles. The summed E-state index contributed by atoms with van der Waals surface area (Å²) in [5.41, 5.74) is 0. The van der Waals surface area contributed by atoms with Crippen molar-refractivity contribution in [1.82, 2.24) is 0 Å². The molecule has 0 bridgehead atoms. The summed E-state index contributed by atoms with van der Waals surface area (Å²) in [5.74, 6) is 0. The molecule has 0 spiro atoms. The van der Waals surface area contributed by atoms with Crippen molar-refractivity contribution in [3.05, 3.63) is 30.3 Å². The van der Waals surface area contributed by atoms with Crippen molar-refractivity contribution in [3.8, 4) is 6.07 Å². The fourth-order valence-electron chi connectivity index (χ4n) is 3.30. The molecule has 0 aliphatic carbocycles. The Morgan fingerprint density at radius 2 is 1.43 bits per heavy atom. The van der Waals surface area contributed by atoms with E-state index in [-0.39, 0.29) is 0 Å². The molecule has 0 amide bonds. The van der Waals surface area contributed by atoms with Gasteiger partial charge in [-0.2, -0.15) is 0 Å². The van der Waals surface area contributed by atoms with Crippen LogP contribution in [-0.2, 0) is 0 Å². The molecule has 0 fully saturated rings. The summed E-state index contributed by atoms with van der Waals surface area (Å²) in [6.07, 6.45) is 8.52. The van der Waals surface area contributed by atoms with Crippen LogP contribution in [0.3, 0.4) is 0 Å². The second-order valence-electron chi connectivity index (χ2n) is 6.22. The van der Waals surface area contributed by atoms with E-state index >= 15 is 0 Å². The van der Waals surface area contributed by atoms with Gasteiger partial charge in [0.25, 0.3) is 0 Å². The summed E-state index contributed by atoms with van der Waals surface area (Å²) in [4.78, 5) is 0. The van der Waals surface area contributed by atoms with Gasteiger partial charge in [0.1, 0.15) is 0 Å². The summed E-state index contributed by atoms with van der Waals surface area (Å²) >= 11 is -2.25. The number of benzene rings is 1. The van der Waals surface area contributed by atoms with Crippen molar-refractivity contribution in [1.29, 1.82) is 5.26 Å². The van der Waals surface area contributed by atoms with Crippen molar-refractivity contribution < 1.29 is 0 Å². The summed E-state index contributed by atoms with van der Waals surface area (Å²) < 4.78 is 6.18. The minimum absolute atomic E-state index is 0.734. The molecule has 0 heterocycles. The second-order valence-corrected chi connectivity index (χ2v) is 19.5. The van der Waals surface area contributed by atoms with Crippen molar-refractivity contribution in [2.24, 2.45) is 0 Å². The van der Waals surface area contributed by atoms with Gasteiger partial charge in [-0.15, -0.1) is 0 Å². The van der Waals surface area contributed by atoms with Crippen molar-refractivity contribution in [2.45, 2.75) is 72.1 Å². The number of hydrogen-bond acceptors (Lipinski definition) is 1. The molecule has 1 rings (SSSR count). The predicted molar refractivity (Wildman–Crippen MR) is 95.5 cm³/mol. The molecule has 1 nitrogen and oxygen atoms in total. The van der Waals surface area contributed by atoms with Crippen LogP contribution >= 0.6 is 0 Å². The van der Waals surface area contributed by atoms with Gasteiger partial charge in [-0.1, -0.05) is 0 Å². The summed E-state index contributed by atoms with van der Waals surface area (Å²) in [6.45, 7) is 4.63. The molecule has 1 aromatic rings. The first-order valence-corrected chi connectivity index (χ1v) is 16.2. The molecule has 0 aromatic heterocycles. The van der Waals surface area contributed by atoms with E-state index in [0.29, 0.717) is 0 Å². The van der Waals surface area contributed by atoms with Crippen LogP contribution in [0.5, 0.6) is 0 Å². The Bertz CT molecular complexity index is 399. The summed E-state index contributed by atoms with van der Waals surface area (Å²) in [6, 6.07) is 13.7. The second kappa shape index (κ2) is 11.1. The summed E-state index contributed by atoms with van der Waals surface area (Å²) in [7, 11) is 0. The average molecular weight is 392 g/mol. The van der Waals surface area contributed by atoms with Crippen LogP contribution in [0.15, 0.2) is 30.3 Å². The molecule has 1 aromatic carbocycles. The molecule has 21 heavy (non-hydrogen) atoms. The van der Waals surface area contributed by atoms with Crippen LogP contribution in [0.4, 0.5) is 0 Å². The van der Waals surface area contributed by atoms with E-state index in [0.717, 1.165) is 12.8 Å². The Balaban J connectivity index is 2.88. The Labute approximate surface area is 135 Å². The van der Waals surface area contributed by atoms with Gasteiger partial charge in [0.05, 0.1) is 0 Å². The number of unbranched alkanes of at least 4 members (excludes halogenated alkanes) is 4. The van der Waals surface area contributed by atoms with Crippen LogP contribution in [-0.4, -0.2) is 18.4 Å². The fourth-order valence-corrected chi connectivity index (χ4v) is 19.0. The zero-order valence-electron chi connectivity index (χ0n) is 13.9. The van der Waals surface area contributed by atoms with Crippen LogP contribution in [0.2, 0.25) is 13.3 Å². The fraction of sp³-hybridized carbons (Fsp3) is 0.632. The Morgan fingerprint density at radius 3 is 1.95 bits per heavy atom. The SMILES string of the molecule is CCC[CH2][Sn]([CH2]CCC)([CH2]CCCC#N)[c]1ccccc1. The third-order valence-electron chi connectivity index (χ3n) is 4.60. The van der Waals surface area contributed by atoms with Crippen molar-refractivity contribution in [2.75, 3.05) is 0 Å². The Hall–Kier alpha value is -0.491. The first-order valence-electron chi connectivity index (χ1n) is 8.71. The maximum absolute atomic E-state index is 8.76. The molecular weight excluding hydrogens is 361 g/mol. The Morgan fingerprint density at radius 1 is 0.857 bits per heavy atom. The molecule has 0 saturated carbocycles. The number of nitriles is 1. The van der Waals surface area contributed by atoms with Crippen LogP contribution < -0.4 is 3.58 Å². The first kappa shape index (κ1) is 18.6. The molecule has 0 radical (unpaired) electrons. The Kier molecular flexibility index (Phi) is 9.83. The molecule has 116 valence electrons. The van der Waals surface area contributed by atoms with E-state index in [4.69, 9.17) is 5.26 Å². The van der Waals surface area contributed by atoms with Gasteiger partial charge in [-0.25, -0.2) is 0 Å². The van der Waals surface area contributed by atoms with Crippen LogP contribution in [0.25, 0.3) is 0 Å². The van der Waals surface area contributed by atoms with E-state index in [1.165, 1.54) is 45.4 Å². The van der Waals surface area contributed by atoms with Gasteiger partial charge >= 0.3 is 136 Å². The van der Waals surface area contributed by atoms with Crippen molar-refractivity contribution in [3.63, 3.8) is 0 Å². The van der Waals surface area contributed by atoms with Crippen LogP contribution in [0.1, 0.15) is 58.8 Å². The van der Waals surface area contributed by atoms with Gasteiger partial charge < -0.3 is 0 Å². The number of rotatable bonds is 11. The monoisotopic (exact) mass is 393 g/mol. The average Bonchev–Trinajstić information content (AvgIpc) is 2.54. The van der Waals surface area contributed by atoms with E-state index < -0.39 is 18.4 Å². The molecule has 0 N–H and O–H groups in total. The van der Waals surface area contributed by atoms with Gasteiger partial charge in [-0.3, -0.25) is 0 Å². The van der Waals surface area contributed by atoms with E-state index in [2.05, 4.69) is 50.2 Å². The van der Waals surface area contributed by atoms with E-state index in [1.807, 2.05) is 0 Å². The number of hydrogen-bond donors (Lipinski definition) is 0. The van der Waals surface area contributed by atoms with Crippen molar-refractivity contribution >= 4 is 22.0 Å². The van der Waals surface area contributed by atoms with Crippen LogP contribution in [0, 0.1) is 11.3 Å². The van der Waals surface area contributed by atoms with Gasteiger partial charge in [0.2, 0.25) is 0 Å². The molecule has 2 heteroatoms. The third-order valence-corrected chi connectivity index (χ3v) is 20.3. The standard InChI is InChI=1S/C6H5.C5H8N.2C4H9.Sn/c1-2-4-6-5-3-1;1-2-3-4-5-6;2*1-3-4-2;/h1-5H;1-4H2;2*1,3-4H2,2H3;. The van der Waals surface area contributed by atoms with Gasteiger partial charge in [0.15, 0.2) is 0 Å². The normalized spacial score (nSPS) is 11.3. The molecular formula is C19H31NSn. The topological polar surface area (TPSA) is 23.8 Å².